The molecule has 4 nitrogen and oxygen atoms in total. The summed E-state index contributed by atoms with van der Waals surface area (Å²) in [4.78, 5) is 25.9. The third-order valence-electron chi connectivity index (χ3n) is 5.74. The highest BCUT2D eigenvalue weighted by molar-refractivity contribution is 5.96. The van der Waals surface area contributed by atoms with E-state index in [0.717, 1.165) is 11.3 Å². The Labute approximate surface area is 175 Å². The fourth-order valence-electron chi connectivity index (χ4n) is 4.33. The number of ether oxygens (including phenoxy) is 1. The highest BCUT2D eigenvalue weighted by Gasteiger charge is 2.44. The van der Waals surface area contributed by atoms with Gasteiger partial charge in [0.2, 0.25) is 0 Å². The molecule has 1 heterocycles. The van der Waals surface area contributed by atoms with E-state index >= 15 is 0 Å². The van der Waals surface area contributed by atoms with Crippen LogP contribution in [-0.2, 0) is 20.7 Å². The summed E-state index contributed by atoms with van der Waals surface area (Å²) in [5, 5.41) is 3.20. The van der Waals surface area contributed by atoms with E-state index in [1.165, 1.54) is 6.07 Å². The molecule has 154 valence electrons. The summed E-state index contributed by atoms with van der Waals surface area (Å²) >= 11 is 0. The van der Waals surface area contributed by atoms with E-state index in [9.17, 15) is 14.0 Å². The van der Waals surface area contributed by atoms with Gasteiger partial charge in [-0.2, -0.15) is 0 Å². The van der Waals surface area contributed by atoms with Crippen LogP contribution in [0.5, 0.6) is 0 Å². The van der Waals surface area contributed by atoms with Gasteiger partial charge in [-0.25, -0.2) is 9.18 Å². The van der Waals surface area contributed by atoms with Gasteiger partial charge in [0.1, 0.15) is 11.6 Å². The number of Topliss-reactive ketones (excluding diaryl/α,β-unsaturated/α-hetero) is 1. The molecular weight excluding hydrogens is 381 g/mol. The van der Waals surface area contributed by atoms with Crippen LogP contribution in [-0.4, -0.2) is 18.4 Å². The molecule has 0 saturated heterocycles. The van der Waals surface area contributed by atoms with E-state index in [2.05, 4.69) is 5.32 Å². The van der Waals surface area contributed by atoms with Crippen molar-refractivity contribution in [1.82, 2.24) is 5.32 Å². The summed E-state index contributed by atoms with van der Waals surface area (Å²) in [6.45, 7) is 1.99. The SMILES string of the molecule is CC1=C(C(=O)OCCc2ccccc2)C(c2ccccc2F)C2C(=O)CCC=C2N1. The van der Waals surface area contributed by atoms with Crippen molar-refractivity contribution >= 4 is 11.8 Å². The molecule has 2 atom stereocenters. The van der Waals surface area contributed by atoms with Gasteiger partial charge in [-0.15, -0.1) is 0 Å². The monoisotopic (exact) mass is 405 g/mol. The van der Waals surface area contributed by atoms with Crippen LogP contribution in [0.1, 0.15) is 36.8 Å². The number of benzene rings is 2. The average Bonchev–Trinajstić information content (AvgIpc) is 2.74. The molecule has 1 N–H and O–H groups in total. The summed E-state index contributed by atoms with van der Waals surface area (Å²) in [5.74, 6) is -2.23. The Morgan fingerprint density at radius 3 is 2.60 bits per heavy atom. The van der Waals surface area contributed by atoms with Gasteiger partial charge in [0, 0.05) is 30.2 Å². The Balaban J connectivity index is 1.65. The number of carbonyl (C=O) groups excluding carboxylic acids is 2. The standard InChI is InChI=1S/C25H24FNO3/c1-16-22(25(29)30-15-14-17-8-3-2-4-9-17)23(18-10-5-6-11-19(18)26)24-20(27-16)12-7-13-21(24)28/h2-6,8-12,23-24,27H,7,13-15H2,1H3. The van der Waals surface area contributed by atoms with Crippen LogP contribution in [0, 0.1) is 11.7 Å². The van der Waals surface area contributed by atoms with Crippen LogP contribution in [0.3, 0.4) is 0 Å². The Bertz CT molecular complexity index is 1030. The minimum absolute atomic E-state index is 0.00957. The number of hydrogen-bond donors (Lipinski definition) is 1. The van der Waals surface area contributed by atoms with E-state index in [1.807, 2.05) is 36.4 Å². The van der Waals surface area contributed by atoms with Crippen molar-refractivity contribution in [3.8, 4) is 0 Å². The van der Waals surface area contributed by atoms with Crippen molar-refractivity contribution in [2.75, 3.05) is 6.61 Å². The van der Waals surface area contributed by atoms with Gasteiger partial charge in [0.25, 0.3) is 0 Å². The second kappa shape index (κ2) is 8.66. The predicted molar refractivity (Wildman–Crippen MR) is 112 cm³/mol. The molecule has 0 radical (unpaired) electrons. The van der Waals surface area contributed by atoms with Crippen LogP contribution in [0.4, 0.5) is 4.39 Å². The zero-order valence-electron chi connectivity index (χ0n) is 16.9. The average molecular weight is 405 g/mol. The number of rotatable bonds is 5. The van der Waals surface area contributed by atoms with Crippen LogP contribution in [0.15, 0.2) is 77.6 Å². The molecule has 0 fully saturated rings. The Hall–Kier alpha value is -3.21. The van der Waals surface area contributed by atoms with Crippen molar-refractivity contribution in [2.24, 2.45) is 5.92 Å². The molecule has 30 heavy (non-hydrogen) atoms. The van der Waals surface area contributed by atoms with Gasteiger partial charge in [-0.1, -0.05) is 54.6 Å². The predicted octanol–water partition coefficient (Wildman–Crippen LogP) is 4.44. The minimum Gasteiger partial charge on any atom is -0.462 e. The molecule has 4 rings (SSSR count). The van der Waals surface area contributed by atoms with Gasteiger partial charge >= 0.3 is 5.97 Å². The van der Waals surface area contributed by atoms with Crippen LogP contribution >= 0.6 is 0 Å². The summed E-state index contributed by atoms with van der Waals surface area (Å²) in [6.07, 6.45) is 3.59. The first-order valence-corrected chi connectivity index (χ1v) is 10.2. The summed E-state index contributed by atoms with van der Waals surface area (Å²) in [7, 11) is 0. The molecular formula is C25H24FNO3. The van der Waals surface area contributed by atoms with Crippen molar-refractivity contribution in [3.05, 3.63) is 94.6 Å². The van der Waals surface area contributed by atoms with Crippen LogP contribution in [0.2, 0.25) is 0 Å². The van der Waals surface area contributed by atoms with Crippen LogP contribution in [0.25, 0.3) is 0 Å². The number of halogens is 1. The molecule has 1 aliphatic heterocycles. The quantitative estimate of drug-likeness (QED) is 0.748. The van der Waals surface area contributed by atoms with Crippen molar-refractivity contribution in [1.29, 1.82) is 0 Å². The zero-order chi connectivity index (χ0) is 21.1. The molecule has 2 aromatic rings. The molecule has 0 spiro atoms. The lowest BCUT2D eigenvalue weighted by molar-refractivity contribution is -0.139. The topological polar surface area (TPSA) is 55.4 Å². The molecule has 0 amide bonds. The first-order chi connectivity index (χ1) is 14.6. The molecule has 2 aliphatic rings. The summed E-state index contributed by atoms with van der Waals surface area (Å²) in [5.41, 5.74) is 3.09. The third-order valence-corrected chi connectivity index (χ3v) is 5.74. The first kappa shape index (κ1) is 20.1. The lowest BCUT2D eigenvalue weighted by Gasteiger charge is -2.38. The van der Waals surface area contributed by atoms with Gasteiger partial charge in [0.05, 0.1) is 18.1 Å². The molecule has 1 aliphatic carbocycles. The minimum atomic E-state index is -0.698. The third kappa shape index (κ3) is 3.92. The highest BCUT2D eigenvalue weighted by Crippen LogP contribution is 2.44. The Kier molecular flexibility index (Phi) is 5.79. The molecule has 0 bridgehead atoms. The highest BCUT2D eigenvalue weighted by atomic mass is 19.1. The Morgan fingerprint density at radius 2 is 1.83 bits per heavy atom. The van der Waals surface area contributed by atoms with E-state index < -0.39 is 23.6 Å². The number of hydrogen-bond acceptors (Lipinski definition) is 4. The van der Waals surface area contributed by atoms with E-state index in [-0.39, 0.29) is 12.4 Å². The van der Waals surface area contributed by atoms with E-state index in [4.69, 9.17) is 4.74 Å². The van der Waals surface area contributed by atoms with Crippen molar-refractivity contribution in [2.45, 2.75) is 32.1 Å². The smallest absolute Gasteiger partial charge is 0.336 e. The number of ketones is 1. The normalized spacial score (nSPS) is 20.9. The number of allylic oxidation sites excluding steroid dienone is 3. The lowest BCUT2D eigenvalue weighted by Crippen LogP contribution is -2.41. The molecule has 0 aromatic heterocycles. The molecule has 0 saturated carbocycles. The second-order valence-corrected chi connectivity index (χ2v) is 7.68. The maximum atomic E-state index is 14.8. The van der Waals surface area contributed by atoms with Gasteiger partial charge in [0.15, 0.2) is 0 Å². The summed E-state index contributed by atoms with van der Waals surface area (Å²) in [6, 6.07) is 16.1. The number of fused-ring (bicyclic) bond motifs is 1. The largest absolute Gasteiger partial charge is 0.462 e. The fourth-order valence-corrected chi connectivity index (χ4v) is 4.33. The van der Waals surface area contributed by atoms with Crippen molar-refractivity contribution < 1.29 is 18.7 Å². The van der Waals surface area contributed by atoms with E-state index in [1.54, 1.807) is 25.1 Å². The maximum absolute atomic E-state index is 14.8. The first-order valence-electron chi connectivity index (χ1n) is 10.2. The number of carbonyl (C=O) groups is 2. The van der Waals surface area contributed by atoms with Crippen LogP contribution < -0.4 is 5.32 Å². The lowest BCUT2D eigenvalue weighted by atomic mass is 9.71. The van der Waals surface area contributed by atoms with Gasteiger partial charge in [-0.3, -0.25) is 4.79 Å². The van der Waals surface area contributed by atoms with Crippen molar-refractivity contribution in [3.63, 3.8) is 0 Å². The number of esters is 1. The molecule has 2 unspecified atom stereocenters. The fraction of sp³-hybridized carbons (Fsp3) is 0.280. The molecule has 5 heteroatoms. The van der Waals surface area contributed by atoms with Gasteiger partial charge in [-0.05, 0) is 30.5 Å². The maximum Gasteiger partial charge on any atom is 0.336 e. The molecule has 2 aromatic carbocycles. The zero-order valence-corrected chi connectivity index (χ0v) is 16.9. The Morgan fingerprint density at radius 1 is 1.10 bits per heavy atom. The second-order valence-electron chi connectivity index (χ2n) is 7.68. The van der Waals surface area contributed by atoms with E-state index in [0.29, 0.717) is 36.1 Å². The van der Waals surface area contributed by atoms with Gasteiger partial charge < -0.3 is 10.1 Å². The summed E-state index contributed by atoms with van der Waals surface area (Å²) < 4.78 is 20.3. The number of nitrogens with one attached hydrogen (secondary N) is 1.